The van der Waals surface area contributed by atoms with Crippen LogP contribution in [0.3, 0.4) is 0 Å². The fourth-order valence-corrected chi connectivity index (χ4v) is 3.26. The van der Waals surface area contributed by atoms with Crippen molar-refractivity contribution in [2.75, 3.05) is 7.11 Å². The Morgan fingerprint density at radius 2 is 1.38 bits per heavy atom. The zero-order valence-electron chi connectivity index (χ0n) is 17.7. The Hall–Kier alpha value is -4.30. The first kappa shape index (κ1) is 21.0. The summed E-state index contributed by atoms with van der Waals surface area (Å²) in [5.41, 5.74) is 4.15. The largest absolute Gasteiger partial charge is 0.496 e. The van der Waals surface area contributed by atoms with Gasteiger partial charge in [-0.1, -0.05) is 60.7 Å². The summed E-state index contributed by atoms with van der Waals surface area (Å²) >= 11 is 0. The number of ether oxygens (including phenoxy) is 3. The van der Waals surface area contributed by atoms with Crippen LogP contribution in [0.25, 0.3) is 11.1 Å². The molecule has 0 fully saturated rings. The van der Waals surface area contributed by atoms with Crippen molar-refractivity contribution in [3.8, 4) is 34.7 Å². The summed E-state index contributed by atoms with van der Waals surface area (Å²) in [6.07, 6.45) is 0. The predicted octanol–water partition coefficient (Wildman–Crippen LogP) is 5.79. The molecule has 0 aliphatic rings. The molecule has 0 spiro atoms. The van der Waals surface area contributed by atoms with Gasteiger partial charge < -0.3 is 14.2 Å². The van der Waals surface area contributed by atoms with Gasteiger partial charge in [-0.05, 0) is 35.4 Å². The van der Waals surface area contributed by atoms with Gasteiger partial charge in [-0.25, -0.2) is 0 Å². The second kappa shape index (κ2) is 10.1. The molecule has 158 valence electrons. The second-order valence-corrected chi connectivity index (χ2v) is 7.08. The summed E-state index contributed by atoms with van der Waals surface area (Å²) in [5, 5.41) is 9.21. The summed E-state index contributed by atoms with van der Waals surface area (Å²) in [7, 11) is 1.58. The van der Waals surface area contributed by atoms with Crippen molar-refractivity contribution in [1.29, 1.82) is 5.26 Å². The number of benzene rings is 3. The average Bonchev–Trinajstić information content (AvgIpc) is 2.87. The van der Waals surface area contributed by atoms with Gasteiger partial charge in [0, 0.05) is 17.2 Å². The van der Waals surface area contributed by atoms with Crippen LogP contribution >= 0.6 is 0 Å². The fraction of sp³-hybridized carbons (Fsp3) is 0.111. The van der Waals surface area contributed by atoms with Crippen molar-refractivity contribution < 1.29 is 14.2 Å². The molecule has 0 bridgehead atoms. The zero-order chi connectivity index (χ0) is 22.2. The van der Waals surface area contributed by atoms with Crippen LogP contribution in [0.2, 0.25) is 0 Å². The first-order valence-corrected chi connectivity index (χ1v) is 10.2. The van der Waals surface area contributed by atoms with Gasteiger partial charge in [0.05, 0.1) is 18.7 Å². The molecule has 3 aromatic carbocycles. The maximum atomic E-state index is 9.21. The van der Waals surface area contributed by atoms with E-state index in [1.54, 1.807) is 19.2 Å². The number of nitriles is 1. The molecule has 0 saturated carbocycles. The van der Waals surface area contributed by atoms with E-state index in [0.29, 0.717) is 36.3 Å². The van der Waals surface area contributed by atoms with Crippen molar-refractivity contribution >= 4 is 0 Å². The topological polar surface area (TPSA) is 64.4 Å². The quantitative estimate of drug-likeness (QED) is 0.360. The van der Waals surface area contributed by atoms with Crippen molar-refractivity contribution in [1.82, 2.24) is 4.98 Å². The van der Waals surface area contributed by atoms with E-state index in [1.165, 1.54) is 0 Å². The molecule has 1 aromatic heterocycles. The minimum absolute atomic E-state index is 0.363. The van der Waals surface area contributed by atoms with E-state index in [-0.39, 0.29) is 0 Å². The Balaban J connectivity index is 1.66. The van der Waals surface area contributed by atoms with Crippen LogP contribution in [0, 0.1) is 11.3 Å². The summed E-state index contributed by atoms with van der Waals surface area (Å²) in [6.45, 7) is 0.771. The average molecular weight is 422 g/mol. The number of nitrogens with zero attached hydrogens (tertiary/aromatic N) is 2. The maximum absolute atomic E-state index is 9.21. The number of hydrogen-bond acceptors (Lipinski definition) is 5. The molecule has 0 amide bonds. The van der Waals surface area contributed by atoms with Gasteiger partial charge in [-0.2, -0.15) is 10.2 Å². The highest BCUT2D eigenvalue weighted by molar-refractivity contribution is 5.75. The number of methoxy groups -OCH3 is 1. The maximum Gasteiger partial charge on any atom is 0.225 e. The lowest BCUT2D eigenvalue weighted by Gasteiger charge is -2.15. The molecule has 4 rings (SSSR count). The SMILES string of the molecule is COc1cc(C#N)ccc1-c1ccc(OCc2ccccc2)nc1OCc1ccccc1. The lowest BCUT2D eigenvalue weighted by Crippen LogP contribution is -2.03. The Labute approximate surface area is 187 Å². The van der Waals surface area contributed by atoms with E-state index >= 15 is 0 Å². The highest BCUT2D eigenvalue weighted by Gasteiger charge is 2.16. The normalized spacial score (nSPS) is 10.2. The summed E-state index contributed by atoms with van der Waals surface area (Å²) < 4.78 is 17.5. The van der Waals surface area contributed by atoms with Gasteiger partial charge in [0.1, 0.15) is 19.0 Å². The van der Waals surface area contributed by atoms with Crippen molar-refractivity contribution in [3.63, 3.8) is 0 Å². The van der Waals surface area contributed by atoms with Gasteiger partial charge in [0.25, 0.3) is 0 Å². The highest BCUT2D eigenvalue weighted by Crippen LogP contribution is 2.37. The molecular weight excluding hydrogens is 400 g/mol. The van der Waals surface area contributed by atoms with E-state index in [4.69, 9.17) is 14.2 Å². The van der Waals surface area contributed by atoms with Gasteiger partial charge >= 0.3 is 0 Å². The Morgan fingerprint density at radius 1 is 0.750 bits per heavy atom. The Morgan fingerprint density at radius 3 is 2.00 bits per heavy atom. The Kier molecular flexibility index (Phi) is 6.64. The standard InChI is InChI=1S/C27H22N2O3/c1-30-25-16-22(17-28)12-13-23(25)24-14-15-26(31-18-20-8-4-2-5-9-20)29-27(24)32-19-21-10-6-3-7-11-21/h2-16H,18-19H2,1H3. The lowest BCUT2D eigenvalue weighted by molar-refractivity contribution is 0.268. The summed E-state index contributed by atoms with van der Waals surface area (Å²) in [4.78, 5) is 4.63. The van der Waals surface area contributed by atoms with Crippen LogP contribution in [-0.2, 0) is 13.2 Å². The van der Waals surface area contributed by atoms with E-state index in [1.807, 2.05) is 78.9 Å². The van der Waals surface area contributed by atoms with Crippen molar-refractivity contribution in [2.45, 2.75) is 13.2 Å². The van der Waals surface area contributed by atoms with E-state index < -0.39 is 0 Å². The second-order valence-electron chi connectivity index (χ2n) is 7.08. The molecular formula is C27H22N2O3. The summed E-state index contributed by atoms with van der Waals surface area (Å²) in [5.74, 6) is 1.48. The molecule has 0 N–H and O–H groups in total. The molecule has 0 atom stereocenters. The number of hydrogen-bond donors (Lipinski definition) is 0. The van der Waals surface area contributed by atoms with Crippen LogP contribution in [-0.4, -0.2) is 12.1 Å². The zero-order valence-corrected chi connectivity index (χ0v) is 17.7. The number of pyridine rings is 1. The third-order valence-corrected chi connectivity index (χ3v) is 4.90. The van der Waals surface area contributed by atoms with Gasteiger partial charge in [0.15, 0.2) is 0 Å². The van der Waals surface area contributed by atoms with Crippen LogP contribution in [0.1, 0.15) is 16.7 Å². The number of rotatable bonds is 8. The van der Waals surface area contributed by atoms with Crippen LogP contribution < -0.4 is 14.2 Å². The molecule has 0 saturated heterocycles. The van der Waals surface area contributed by atoms with Gasteiger partial charge in [0.2, 0.25) is 11.8 Å². The molecule has 0 aliphatic heterocycles. The molecule has 4 aromatic rings. The van der Waals surface area contributed by atoms with E-state index in [2.05, 4.69) is 11.1 Å². The van der Waals surface area contributed by atoms with E-state index in [9.17, 15) is 5.26 Å². The predicted molar refractivity (Wildman–Crippen MR) is 122 cm³/mol. The molecule has 5 heteroatoms. The van der Waals surface area contributed by atoms with Crippen LogP contribution in [0.4, 0.5) is 0 Å². The van der Waals surface area contributed by atoms with Gasteiger partial charge in [-0.15, -0.1) is 0 Å². The smallest absolute Gasteiger partial charge is 0.225 e. The first-order chi connectivity index (χ1) is 15.8. The highest BCUT2D eigenvalue weighted by atomic mass is 16.5. The first-order valence-electron chi connectivity index (χ1n) is 10.2. The lowest BCUT2D eigenvalue weighted by atomic mass is 10.0. The molecule has 1 heterocycles. The molecule has 0 unspecified atom stereocenters. The van der Waals surface area contributed by atoms with Gasteiger partial charge in [-0.3, -0.25) is 0 Å². The molecule has 32 heavy (non-hydrogen) atoms. The number of aromatic nitrogens is 1. The third-order valence-electron chi connectivity index (χ3n) is 4.90. The van der Waals surface area contributed by atoms with Crippen molar-refractivity contribution in [2.24, 2.45) is 0 Å². The van der Waals surface area contributed by atoms with Crippen LogP contribution in [0.5, 0.6) is 17.5 Å². The Bertz CT molecular complexity index is 1220. The van der Waals surface area contributed by atoms with E-state index in [0.717, 1.165) is 22.3 Å². The van der Waals surface area contributed by atoms with Crippen molar-refractivity contribution in [3.05, 3.63) is 108 Å². The minimum atomic E-state index is 0.363. The fourth-order valence-electron chi connectivity index (χ4n) is 3.26. The molecule has 0 aliphatic carbocycles. The van der Waals surface area contributed by atoms with Crippen LogP contribution in [0.15, 0.2) is 91.0 Å². The third kappa shape index (κ3) is 5.05. The minimum Gasteiger partial charge on any atom is -0.496 e. The summed E-state index contributed by atoms with van der Waals surface area (Å²) in [6, 6.07) is 31.0. The monoisotopic (exact) mass is 422 g/mol. The molecule has 0 radical (unpaired) electrons. The molecule has 5 nitrogen and oxygen atoms in total.